The van der Waals surface area contributed by atoms with Crippen LogP contribution in [0.5, 0.6) is 0 Å². The number of sulfonamides is 1. The lowest BCUT2D eigenvalue weighted by molar-refractivity contribution is 0.0211. The van der Waals surface area contributed by atoms with Gasteiger partial charge in [-0.25, -0.2) is 8.42 Å². The molecule has 6 rings (SSSR count). The molecule has 172 valence electrons. The molecule has 8 heteroatoms. The molecule has 3 aromatic rings. The molecule has 2 atom stereocenters. The van der Waals surface area contributed by atoms with Crippen LogP contribution in [-0.4, -0.2) is 44.4 Å². The van der Waals surface area contributed by atoms with Crippen LogP contribution >= 0.6 is 0 Å². The fraction of sp³-hybridized carbons (Fsp3) is 0.320. The molecule has 2 aromatic carbocycles. The maximum absolute atomic E-state index is 12.9. The van der Waals surface area contributed by atoms with E-state index in [1.807, 2.05) is 0 Å². The van der Waals surface area contributed by atoms with Gasteiger partial charge >= 0.3 is 0 Å². The van der Waals surface area contributed by atoms with Crippen LogP contribution in [0.15, 0.2) is 76.0 Å². The van der Waals surface area contributed by atoms with E-state index in [2.05, 4.69) is 21.9 Å². The van der Waals surface area contributed by atoms with Gasteiger partial charge in [-0.1, -0.05) is 30.3 Å². The highest BCUT2D eigenvalue weighted by molar-refractivity contribution is 7.92. The summed E-state index contributed by atoms with van der Waals surface area (Å²) >= 11 is 0. The highest BCUT2D eigenvalue weighted by atomic mass is 32.2. The van der Waals surface area contributed by atoms with E-state index in [4.69, 9.17) is 4.42 Å². The number of para-hydroxylation sites is 1. The van der Waals surface area contributed by atoms with Crippen molar-refractivity contribution in [1.82, 2.24) is 10.2 Å². The van der Waals surface area contributed by atoms with Crippen LogP contribution in [0.3, 0.4) is 0 Å². The summed E-state index contributed by atoms with van der Waals surface area (Å²) in [6.45, 7) is 4.36. The molecule has 0 radical (unpaired) electrons. The van der Waals surface area contributed by atoms with Crippen LogP contribution in [0.1, 0.15) is 30.3 Å². The quantitative estimate of drug-likeness (QED) is 0.575. The number of anilines is 1. The Bertz CT molecular complexity index is 1250. The number of amides is 1. The van der Waals surface area contributed by atoms with Gasteiger partial charge in [-0.2, -0.15) is 0 Å². The van der Waals surface area contributed by atoms with Crippen molar-refractivity contribution in [3.05, 3.63) is 72.5 Å². The van der Waals surface area contributed by atoms with Gasteiger partial charge < -0.3 is 9.73 Å². The molecule has 0 saturated carbocycles. The Morgan fingerprint density at radius 2 is 1.67 bits per heavy atom. The zero-order valence-electron chi connectivity index (χ0n) is 18.4. The monoisotopic (exact) mass is 465 g/mol. The average Bonchev–Trinajstić information content (AvgIpc) is 3.33. The molecule has 0 spiro atoms. The molecular formula is C25H27N3O4S. The van der Waals surface area contributed by atoms with Gasteiger partial charge in [-0.05, 0) is 75.2 Å². The minimum Gasteiger partial charge on any atom is -0.451 e. The Kier molecular flexibility index (Phi) is 5.72. The molecule has 2 bridgehead atoms. The van der Waals surface area contributed by atoms with Gasteiger partial charge in [0.15, 0.2) is 5.76 Å². The number of nitrogens with zero attached hydrogens (tertiary/aromatic N) is 1. The topological polar surface area (TPSA) is 91.7 Å². The lowest BCUT2D eigenvalue weighted by Gasteiger charge is -2.49. The second-order valence-electron chi connectivity index (χ2n) is 8.74. The van der Waals surface area contributed by atoms with E-state index >= 15 is 0 Å². The third-order valence-electron chi connectivity index (χ3n) is 6.80. The zero-order chi connectivity index (χ0) is 23.0. The number of rotatable bonds is 6. The highest BCUT2D eigenvalue weighted by Gasteiger charge is 2.40. The fourth-order valence-electron chi connectivity index (χ4n) is 4.96. The summed E-state index contributed by atoms with van der Waals surface area (Å²) in [4.78, 5) is 15.5. The van der Waals surface area contributed by atoms with Gasteiger partial charge in [0.1, 0.15) is 5.76 Å². The second kappa shape index (κ2) is 8.68. The Morgan fingerprint density at radius 3 is 2.39 bits per heavy atom. The Hall–Kier alpha value is -3.10. The molecular weight excluding hydrogens is 438 g/mol. The first-order valence-corrected chi connectivity index (χ1v) is 12.7. The lowest BCUT2D eigenvalue weighted by Crippen LogP contribution is -2.62. The van der Waals surface area contributed by atoms with Gasteiger partial charge in [0.05, 0.1) is 10.6 Å². The molecule has 2 N–H and O–H groups in total. The molecule has 2 unspecified atom stereocenters. The summed E-state index contributed by atoms with van der Waals surface area (Å²) in [6.07, 6.45) is 2.21. The average molecular weight is 466 g/mol. The van der Waals surface area contributed by atoms with Crippen LogP contribution < -0.4 is 10.0 Å². The smallest absolute Gasteiger partial charge is 0.287 e. The summed E-state index contributed by atoms with van der Waals surface area (Å²) in [7, 11) is -3.76. The van der Waals surface area contributed by atoms with Gasteiger partial charge in [0, 0.05) is 17.6 Å². The summed E-state index contributed by atoms with van der Waals surface area (Å²) < 4.78 is 34.1. The second-order valence-corrected chi connectivity index (χ2v) is 10.4. The van der Waals surface area contributed by atoms with E-state index in [1.165, 1.54) is 12.1 Å². The molecule has 3 aliphatic heterocycles. The Morgan fingerprint density at radius 1 is 0.970 bits per heavy atom. The van der Waals surface area contributed by atoms with Crippen LogP contribution in [0.25, 0.3) is 11.3 Å². The van der Waals surface area contributed by atoms with Crippen molar-refractivity contribution in [2.45, 2.75) is 36.7 Å². The Balaban J connectivity index is 1.36. The van der Waals surface area contributed by atoms with E-state index in [-0.39, 0.29) is 22.6 Å². The normalized spacial score (nSPS) is 24.4. The van der Waals surface area contributed by atoms with Crippen molar-refractivity contribution in [1.29, 1.82) is 0 Å². The molecule has 3 aliphatic rings. The van der Waals surface area contributed by atoms with Crippen LogP contribution in [0.2, 0.25) is 0 Å². The number of benzene rings is 2. The highest BCUT2D eigenvalue weighted by Crippen LogP contribution is 2.33. The number of carbonyl (C=O) groups is 1. The summed E-state index contributed by atoms with van der Waals surface area (Å²) in [5, 5.41) is 3.17. The number of furan rings is 1. The molecule has 0 aliphatic carbocycles. The third kappa shape index (κ3) is 4.28. The number of hydrogen-bond donors (Lipinski definition) is 2. The minimum absolute atomic E-state index is 0.110. The summed E-state index contributed by atoms with van der Waals surface area (Å²) in [5.74, 6) is 0.897. The molecule has 7 nitrogen and oxygen atoms in total. The van der Waals surface area contributed by atoms with Gasteiger partial charge in [0.2, 0.25) is 0 Å². The van der Waals surface area contributed by atoms with Crippen LogP contribution in [0, 0.1) is 5.92 Å². The van der Waals surface area contributed by atoms with Crippen molar-refractivity contribution in [2.75, 3.05) is 17.8 Å². The van der Waals surface area contributed by atoms with E-state index in [0.717, 1.165) is 25.9 Å². The molecule has 1 amide bonds. The SMILES string of the molecule is CC1C(NC(=O)c2ccc(-c3ccccc3NS(=O)(=O)c3ccccc3)o2)C2CCN1CC2. The number of piperidine rings is 3. The van der Waals surface area contributed by atoms with Crippen LogP contribution in [-0.2, 0) is 10.0 Å². The van der Waals surface area contributed by atoms with Crippen molar-refractivity contribution < 1.29 is 17.6 Å². The predicted molar refractivity (Wildman–Crippen MR) is 126 cm³/mol. The van der Waals surface area contributed by atoms with Gasteiger partial charge in [0.25, 0.3) is 15.9 Å². The standard InChI is InChI=1S/C25H27N3O4S/c1-17-24(18-13-15-28(17)16-14-18)26-25(29)23-12-11-22(32-23)20-9-5-6-10-21(20)27-33(30,31)19-7-3-2-4-8-19/h2-12,17-18,24,27H,13-16H2,1H3,(H,26,29). The molecule has 33 heavy (non-hydrogen) atoms. The summed E-state index contributed by atoms with van der Waals surface area (Å²) in [5.41, 5.74) is 0.945. The Labute approximate surface area is 193 Å². The van der Waals surface area contributed by atoms with Gasteiger partial charge in [-0.3, -0.25) is 14.4 Å². The number of nitrogens with one attached hydrogen (secondary N) is 2. The van der Waals surface area contributed by atoms with Gasteiger partial charge in [-0.15, -0.1) is 0 Å². The zero-order valence-corrected chi connectivity index (χ0v) is 19.2. The van der Waals surface area contributed by atoms with E-state index in [0.29, 0.717) is 29.0 Å². The van der Waals surface area contributed by atoms with E-state index in [9.17, 15) is 13.2 Å². The number of fused-ring (bicyclic) bond motifs is 3. The van der Waals surface area contributed by atoms with Crippen molar-refractivity contribution in [3.63, 3.8) is 0 Å². The first kappa shape index (κ1) is 21.7. The predicted octanol–water partition coefficient (Wildman–Crippen LogP) is 3.96. The van der Waals surface area contributed by atoms with E-state index < -0.39 is 10.0 Å². The van der Waals surface area contributed by atoms with Crippen molar-refractivity contribution in [2.24, 2.45) is 5.92 Å². The van der Waals surface area contributed by atoms with Crippen LogP contribution in [0.4, 0.5) is 5.69 Å². The lowest BCUT2D eigenvalue weighted by atomic mass is 9.79. The number of carbonyl (C=O) groups excluding carboxylic acids is 1. The molecule has 3 fully saturated rings. The van der Waals surface area contributed by atoms with Crippen molar-refractivity contribution in [3.8, 4) is 11.3 Å². The maximum atomic E-state index is 12.9. The number of hydrogen-bond acceptors (Lipinski definition) is 5. The largest absolute Gasteiger partial charge is 0.451 e. The molecule has 4 heterocycles. The minimum atomic E-state index is -3.76. The van der Waals surface area contributed by atoms with E-state index in [1.54, 1.807) is 54.6 Å². The molecule has 1 aromatic heterocycles. The maximum Gasteiger partial charge on any atom is 0.287 e. The first-order valence-electron chi connectivity index (χ1n) is 11.2. The van der Waals surface area contributed by atoms with Crippen molar-refractivity contribution >= 4 is 21.6 Å². The molecule has 3 saturated heterocycles. The third-order valence-corrected chi connectivity index (χ3v) is 8.18. The summed E-state index contributed by atoms with van der Waals surface area (Å²) in [6, 6.07) is 18.9. The first-order chi connectivity index (χ1) is 15.9. The fourth-order valence-corrected chi connectivity index (χ4v) is 6.06.